The van der Waals surface area contributed by atoms with Gasteiger partial charge in [0.25, 0.3) is 11.4 Å². The van der Waals surface area contributed by atoms with Gasteiger partial charge in [-0.25, -0.2) is 0 Å². The smallest absolute Gasteiger partial charge is 0.272 e. The number of hydrogen-bond acceptors (Lipinski definition) is 3. The van der Waals surface area contributed by atoms with Crippen LogP contribution >= 0.6 is 0 Å². The fourth-order valence-electron chi connectivity index (χ4n) is 7.41. The van der Waals surface area contributed by atoms with Crippen molar-refractivity contribution in [1.82, 2.24) is 4.76 Å². The number of hydrogen-bond donors (Lipinski definition) is 0. The quantitative estimate of drug-likeness (QED) is 0.0987. The molecular formula is C50H53N2O2+. The molecule has 2 aliphatic heterocycles. The Morgan fingerprint density at radius 2 is 1.02 bits per heavy atom. The second-order valence-electron chi connectivity index (χ2n) is 19.2. The third-order valence-electron chi connectivity index (χ3n) is 10.9. The summed E-state index contributed by atoms with van der Waals surface area (Å²) in [7, 11) is 0. The lowest BCUT2D eigenvalue weighted by molar-refractivity contribution is 0.588. The number of fused-ring (bicyclic) bond motifs is 4. The van der Waals surface area contributed by atoms with E-state index in [1.54, 1.807) is 0 Å². The Morgan fingerprint density at radius 3 is 1.44 bits per heavy atom. The van der Waals surface area contributed by atoms with E-state index in [9.17, 15) is 10.1 Å². The van der Waals surface area contributed by atoms with E-state index >= 15 is 0 Å². The molecule has 0 spiro atoms. The van der Waals surface area contributed by atoms with Crippen LogP contribution in [0.4, 0.5) is 22.7 Å². The first-order chi connectivity index (χ1) is 25.1. The van der Waals surface area contributed by atoms with E-state index in [0.717, 1.165) is 76.6 Å². The summed E-state index contributed by atoms with van der Waals surface area (Å²) in [6.07, 6.45) is 10.9. The standard InChI is InChI=1S/C50H53N2O2/c1-47(2,3)33-16-20-37-41(38-21-17-34(48(4,5)6)28-44(38)51(53)43(37)27-33)25-31-14-13-15-32(24-31)26-42-39-22-18-35(49(7,8)9)29-45(39)52(54)46-30-36(50(10,11)12)19-23-40(42)46/h13-14,16-24,27-30H,15H2,1-12H3/q+1. The molecule has 0 fully saturated rings. The number of allylic oxidation sites excluding steroid dienone is 6. The zero-order valence-electron chi connectivity index (χ0n) is 34.1. The predicted octanol–water partition coefficient (Wildman–Crippen LogP) is 13.5. The average Bonchev–Trinajstić information content (AvgIpc) is 3.09. The van der Waals surface area contributed by atoms with Crippen molar-refractivity contribution in [2.75, 3.05) is 5.06 Å². The first-order valence-electron chi connectivity index (χ1n) is 19.2. The van der Waals surface area contributed by atoms with Crippen LogP contribution < -0.4 is 9.82 Å². The highest BCUT2D eigenvalue weighted by molar-refractivity contribution is 5.99. The van der Waals surface area contributed by atoms with Crippen LogP contribution in [-0.2, 0) is 21.7 Å². The Morgan fingerprint density at radius 1 is 0.611 bits per heavy atom. The SMILES string of the molecule is CC(C)(C)c1ccc2c(c1)N([O-])c1cc(C(C)(C)C)ccc1C2=[C+]C1=CC(=C=C2c3ccc(C(C)(C)C)cc3[N+](=O)c3cc(C(C)(C)C)ccc32)C=CC1. The summed E-state index contributed by atoms with van der Waals surface area (Å²) in [6, 6.07) is 25.1. The Balaban J connectivity index is 1.43. The van der Waals surface area contributed by atoms with Gasteiger partial charge >= 0.3 is 0 Å². The fraction of sp³-hybridized carbons (Fsp3) is 0.340. The van der Waals surface area contributed by atoms with E-state index in [0.29, 0.717) is 29.2 Å². The van der Waals surface area contributed by atoms with Crippen molar-refractivity contribution in [3.8, 4) is 0 Å². The van der Waals surface area contributed by atoms with Gasteiger partial charge in [-0.15, -0.1) is 0 Å². The molecule has 54 heavy (non-hydrogen) atoms. The summed E-state index contributed by atoms with van der Waals surface area (Å²) in [6.45, 7) is 26.1. The van der Waals surface area contributed by atoms with Gasteiger partial charge in [-0.3, -0.25) is 0 Å². The largest absolute Gasteiger partial charge is 0.753 e. The zero-order chi connectivity index (χ0) is 39.1. The van der Waals surface area contributed by atoms with Crippen LogP contribution in [0.5, 0.6) is 0 Å². The Labute approximate surface area is 322 Å². The van der Waals surface area contributed by atoms with Gasteiger partial charge in [-0.2, -0.15) is 0 Å². The molecule has 0 amide bonds. The number of rotatable bonds is 1. The van der Waals surface area contributed by atoms with Crippen LogP contribution in [0, 0.1) is 16.2 Å². The molecule has 0 atom stereocenters. The molecule has 4 nitrogen and oxygen atoms in total. The van der Waals surface area contributed by atoms with Crippen LogP contribution in [0.15, 0.2) is 108 Å². The van der Waals surface area contributed by atoms with Crippen LogP contribution in [0.2, 0.25) is 0 Å². The number of nitrogens with zero attached hydrogens (tertiary/aromatic N) is 2. The molecule has 4 aromatic carbocycles. The van der Waals surface area contributed by atoms with Crippen molar-refractivity contribution in [2.45, 2.75) is 111 Å². The molecule has 0 aromatic heterocycles. The van der Waals surface area contributed by atoms with Crippen LogP contribution in [-0.4, -0.2) is 0 Å². The fourth-order valence-corrected chi connectivity index (χ4v) is 7.41. The molecule has 0 unspecified atom stereocenters. The highest BCUT2D eigenvalue weighted by Crippen LogP contribution is 2.48. The second-order valence-corrected chi connectivity index (χ2v) is 19.2. The highest BCUT2D eigenvalue weighted by atomic mass is 16.5. The molecule has 2 heterocycles. The maximum atomic E-state index is 14.2. The van der Waals surface area contributed by atoms with Crippen molar-refractivity contribution in [1.29, 1.82) is 0 Å². The highest BCUT2D eigenvalue weighted by Gasteiger charge is 2.38. The van der Waals surface area contributed by atoms with Crippen molar-refractivity contribution < 1.29 is 0 Å². The normalized spacial score (nSPS) is 15.6. The van der Waals surface area contributed by atoms with Crippen molar-refractivity contribution in [3.63, 3.8) is 0 Å². The van der Waals surface area contributed by atoms with Gasteiger partial charge in [-0.1, -0.05) is 107 Å². The summed E-state index contributed by atoms with van der Waals surface area (Å²) in [5.74, 6) is 0. The molecule has 0 N–H and O–H groups in total. The first kappa shape index (κ1) is 37.2. The van der Waals surface area contributed by atoms with Gasteiger partial charge in [0.2, 0.25) is 0 Å². The zero-order valence-corrected chi connectivity index (χ0v) is 34.1. The average molecular weight is 714 g/mol. The molecule has 7 rings (SSSR count). The van der Waals surface area contributed by atoms with Gasteiger partial charge in [0, 0.05) is 41.2 Å². The molecule has 274 valence electrons. The van der Waals surface area contributed by atoms with Gasteiger partial charge in [0.1, 0.15) is 0 Å². The summed E-state index contributed by atoms with van der Waals surface area (Å²) < 4.78 is 1.11. The molecule has 4 heteroatoms. The third-order valence-corrected chi connectivity index (χ3v) is 10.9. The van der Waals surface area contributed by atoms with Crippen LogP contribution in [0.1, 0.15) is 134 Å². The van der Waals surface area contributed by atoms with E-state index in [2.05, 4.69) is 174 Å². The number of nitroso groups, excluding NO2 is 1. The number of anilines is 2. The molecular weight excluding hydrogens is 661 g/mol. The van der Waals surface area contributed by atoms with Gasteiger partial charge in [0.15, 0.2) is 5.57 Å². The van der Waals surface area contributed by atoms with Gasteiger partial charge in [-0.05, 0) is 98.5 Å². The van der Waals surface area contributed by atoms with E-state index in [1.165, 1.54) is 0 Å². The van der Waals surface area contributed by atoms with E-state index in [4.69, 9.17) is 0 Å². The van der Waals surface area contributed by atoms with Crippen molar-refractivity contribution >= 4 is 33.9 Å². The Bertz CT molecular complexity index is 2260. The minimum atomic E-state index is -0.110. The lowest BCUT2D eigenvalue weighted by Gasteiger charge is -2.37. The van der Waals surface area contributed by atoms with E-state index in [-0.39, 0.29) is 21.7 Å². The topological polar surface area (TPSA) is 46.4 Å². The summed E-state index contributed by atoms with van der Waals surface area (Å²) in [5.41, 5.74) is 17.6. The summed E-state index contributed by atoms with van der Waals surface area (Å²) in [4.78, 5) is 14.2. The molecule has 0 radical (unpaired) electrons. The van der Waals surface area contributed by atoms with Crippen molar-refractivity contribution in [3.05, 3.63) is 169 Å². The molecule has 1 aliphatic carbocycles. The van der Waals surface area contributed by atoms with Gasteiger partial charge < -0.3 is 10.3 Å². The second kappa shape index (κ2) is 12.7. The maximum absolute atomic E-state index is 14.2. The minimum absolute atomic E-state index is 0.108. The molecule has 0 saturated heterocycles. The van der Waals surface area contributed by atoms with E-state index < -0.39 is 0 Å². The Kier molecular flexibility index (Phi) is 8.78. The molecule has 0 bridgehead atoms. The predicted molar refractivity (Wildman–Crippen MR) is 228 cm³/mol. The minimum Gasteiger partial charge on any atom is -0.753 e. The first-order valence-corrected chi connectivity index (χ1v) is 19.2. The van der Waals surface area contributed by atoms with Crippen LogP contribution in [0.3, 0.4) is 0 Å². The number of benzene rings is 4. The monoisotopic (exact) mass is 713 g/mol. The van der Waals surface area contributed by atoms with Crippen LogP contribution in [0.25, 0.3) is 11.1 Å². The summed E-state index contributed by atoms with van der Waals surface area (Å²) in [5, 5.41) is 15.3. The molecule has 0 saturated carbocycles. The summed E-state index contributed by atoms with van der Waals surface area (Å²) >= 11 is 0. The Hall–Kier alpha value is -5.11. The molecule has 4 aromatic rings. The third kappa shape index (κ3) is 6.76. The van der Waals surface area contributed by atoms with Crippen molar-refractivity contribution in [2.24, 2.45) is 0 Å². The molecule has 3 aliphatic rings. The van der Waals surface area contributed by atoms with Gasteiger partial charge in [0.05, 0.1) is 49.5 Å². The lowest BCUT2D eigenvalue weighted by atomic mass is 9.80. The lowest BCUT2D eigenvalue weighted by Crippen LogP contribution is -2.20. The van der Waals surface area contributed by atoms with E-state index in [1.807, 2.05) is 12.1 Å². The maximum Gasteiger partial charge on any atom is 0.272 e.